The molecule has 1 nitrogen and oxygen atoms in total. The summed E-state index contributed by atoms with van der Waals surface area (Å²) in [5, 5.41) is -0.832. The van der Waals surface area contributed by atoms with Crippen molar-refractivity contribution in [3.8, 4) is 44.7 Å². The number of fused-ring (bicyclic) bond motifs is 4. The number of furan rings is 1. The summed E-state index contributed by atoms with van der Waals surface area (Å²) in [5.74, 6) is -0.279. The minimum absolute atomic E-state index is 0.0198. The zero-order valence-electron chi connectivity index (χ0n) is 38.4. The Morgan fingerprint density at radius 1 is 0.400 bits per heavy atom. The molecule has 0 atom stereocenters. The van der Waals surface area contributed by atoms with E-state index < -0.39 is 90.6 Å². The molecule has 9 rings (SSSR count). The van der Waals surface area contributed by atoms with Crippen molar-refractivity contribution in [2.45, 2.75) is 0 Å². The molecule has 1 aromatic heterocycles. The van der Waals surface area contributed by atoms with Crippen LogP contribution >= 0.6 is 0 Å². The van der Waals surface area contributed by atoms with Crippen molar-refractivity contribution >= 4 is 43.3 Å². The van der Waals surface area contributed by atoms with Gasteiger partial charge in [-0.25, -0.2) is 0 Å². The van der Waals surface area contributed by atoms with Crippen LogP contribution < -0.4 is 0 Å². The molecule has 45 heavy (non-hydrogen) atoms. The molecule has 0 aliphatic carbocycles. The molecule has 0 fully saturated rings. The van der Waals surface area contributed by atoms with Crippen molar-refractivity contribution in [2.75, 3.05) is 0 Å². The van der Waals surface area contributed by atoms with E-state index >= 15 is 0 Å². The first-order valence-electron chi connectivity index (χ1n) is 21.7. The van der Waals surface area contributed by atoms with Gasteiger partial charge < -0.3 is 4.42 Å². The number of hydrogen-bond acceptors (Lipinski definition) is 1. The highest BCUT2D eigenvalue weighted by Crippen LogP contribution is 2.50. The number of hydrogen-bond donors (Lipinski definition) is 0. The van der Waals surface area contributed by atoms with Crippen molar-refractivity contribution < 1.29 is 25.0 Å². The van der Waals surface area contributed by atoms with E-state index in [1.54, 1.807) is 48.5 Å². The van der Waals surface area contributed by atoms with Gasteiger partial charge in [-0.05, 0) is 66.7 Å². The van der Waals surface area contributed by atoms with Crippen LogP contribution in [-0.2, 0) is 0 Å². The average molecular weight is 588 g/mol. The Kier molecular flexibility index (Phi) is 3.39. The second kappa shape index (κ2) is 10.4. The molecule has 0 unspecified atom stereocenters. The van der Waals surface area contributed by atoms with Gasteiger partial charge in [-0.3, -0.25) is 0 Å². The molecule has 1 heteroatoms. The molecule has 0 saturated heterocycles. The van der Waals surface area contributed by atoms with Crippen molar-refractivity contribution in [3.63, 3.8) is 0 Å². The zero-order chi connectivity index (χ0) is 42.8. The van der Waals surface area contributed by atoms with Crippen LogP contribution in [0.3, 0.4) is 0 Å². The van der Waals surface area contributed by atoms with Crippen LogP contribution in [0.4, 0.5) is 0 Å². The number of benzene rings is 8. The zero-order valence-corrected chi connectivity index (χ0v) is 23.4. The molecule has 0 spiro atoms. The maximum Gasteiger partial charge on any atom is 0.143 e. The second-order valence-corrected chi connectivity index (χ2v) is 10.5. The third kappa shape index (κ3) is 4.09. The van der Waals surface area contributed by atoms with Gasteiger partial charge in [0.1, 0.15) is 11.3 Å². The highest BCUT2D eigenvalue weighted by atomic mass is 16.3. The second-order valence-electron chi connectivity index (χ2n) is 10.5. The highest BCUT2D eigenvalue weighted by molar-refractivity contribution is 6.25. The highest BCUT2D eigenvalue weighted by Gasteiger charge is 2.25. The van der Waals surface area contributed by atoms with E-state index in [-0.39, 0.29) is 71.3 Å². The first kappa shape index (κ1) is 14.7. The van der Waals surface area contributed by atoms with Crippen molar-refractivity contribution in [1.82, 2.24) is 0 Å². The predicted octanol–water partition coefficient (Wildman–Crippen LogP) is 12.6. The largest absolute Gasteiger partial charge is 0.455 e. The van der Waals surface area contributed by atoms with Gasteiger partial charge in [-0.2, -0.15) is 0 Å². The Hall–Kier alpha value is -5.92. The van der Waals surface area contributed by atoms with E-state index in [0.717, 1.165) is 5.56 Å². The molecule has 0 aliphatic rings. The molecule has 0 bridgehead atoms. The molecule has 0 aliphatic heterocycles. The summed E-state index contributed by atoms with van der Waals surface area (Å²) in [5.41, 5.74) is 1.68. The fraction of sp³-hybridized carbons (Fsp3) is 0. The van der Waals surface area contributed by atoms with Gasteiger partial charge in [0.05, 0.1) is 20.6 Å². The molecule has 0 saturated carbocycles. The van der Waals surface area contributed by atoms with Crippen LogP contribution in [0.25, 0.3) is 88.0 Å². The van der Waals surface area contributed by atoms with E-state index in [4.69, 9.17) is 18.1 Å². The van der Waals surface area contributed by atoms with E-state index in [9.17, 15) is 6.85 Å². The Bertz CT molecular complexity index is 3270. The molecule has 0 amide bonds. The lowest BCUT2D eigenvalue weighted by Crippen LogP contribution is -1.91. The fourth-order valence-electron chi connectivity index (χ4n) is 6.08. The minimum Gasteiger partial charge on any atom is -0.455 e. The molecular formula is C44H28O. The van der Waals surface area contributed by atoms with Gasteiger partial charge in [0.15, 0.2) is 0 Å². The maximum atomic E-state index is 9.50. The standard InChI is InChI=1S/C44H28O/c1-3-14-29(15-4-1)32-26-27-39-40(28-32)45-44(38-25-13-19-30-16-7-8-20-33(30)38)43(39)42-36-23-11-9-21-34(36)41(31-17-5-2-6-18-31)35-22-10-12-24-37(35)42/h1-28H/i7D,8D,9D,10D,11D,12D,13D,16D,19D,20D,21D,22D,23D,24D,25D. The van der Waals surface area contributed by atoms with E-state index in [1.807, 2.05) is 30.3 Å². The Labute approximate surface area is 282 Å². The summed E-state index contributed by atoms with van der Waals surface area (Å²) in [6, 6.07) is 13.8. The SMILES string of the molecule is [2H]c1c([2H])c([2H])c2c(-c3oc4cc(-c5ccccc5)ccc4c3-c3c4c([2H])c([2H])c([2H])c([2H])c4c(-c4ccccc4)c4c([2H])c([2H])c([2H])c([2H])c34)c([2H])c([2H])c([2H])c2c1[2H]. The van der Waals surface area contributed by atoms with Crippen LogP contribution in [0.2, 0.25) is 0 Å². The predicted molar refractivity (Wildman–Crippen MR) is 190 cm³/mol. The third-order valence-corrected chi connectivity index (χ3v) is 8.02. The van der Waals surface area contributed by atoms with Crippen molar-refractivity contribution in [1.29, 1.82) is 0 Å². The molecule has 210 valence electrons. The molecule has 1 heterocycles. The third-order valence-electron chi connectivity index (χ3n) is 8.02. The van der Waals surface area contributed by atoms with Crippen molar-refractivity contribution in [3.05, 3.63) is 169 Å². The van der Waals surface area contributed by atoms with Gasteiger partial charge in [0.2, 0.25) is 0 Å². The van der Waals surface area contributed by atoms with Crippen LogP contribution in [0, 0.1) is 0 Å². The van der Waals surface area contributed by atoms with E-state index in [1.165, 1.54) is 0 Å². The topological polar surface area (TPSA) is 13.1 Å². The number of rotatable bonds is 4. The summed E-state index contributed by atoms with van der Waals surface area (Å²) < 4.78 is 142. The lowest BCUT2D eigenvalue weighted by Gasteiger charge is -2.18. The van der Waals surface area contributed by atoms with Crippen LogP contribution in [0.5, 0.6) is 0 Å². The van der Waals surface area contributed by atoms with E-state index in [2.05, 4.69) is 0 Å². The summed E-state index contributed by atoms with van der Waals surface area (Å²) >= 11 is 0. The van der Waals surface area contributed by atoms with Gasteiger partial charge in [-0.1, -0.05) is 157 Å². The molecular weight excluding hydrogens is 544 g/mol. The van der Waals surface area contributed by atoms with Crippen molar-refractivity contribution in [2.24, 2.45) is 0 Å². The monoisotopic (exact) mass is 587 g/mol. The molecule has 9 aromatic rings. The average Bonchev–Trinajstić information content (AvgIpc) is 3.63. The molecule has 8 aromatic carbocycles. The van der Waals surface area contributed by atoms with Crippen LogP contribution in [0.1, 0.15) is 20.6 Å². The Balaban J connectivity index is 1.63. The molecule has 0 N–H and O–H groups in total. The van der Waals surface area contributed by atoms with Gasteiger partial charge >= 0.3 is 0 Å². The van der Waals surface area contributed by atoms with Crippen LogP contribution in [-0.4, -0.2) is 0 Å². The Morgan fingerprint density at radius 2 is 0.956 bits per heavy atom. The molecule has 0 radical (unpaired) electrons. The maximum absolute atomic E-state index is 9.50. The lowest BCUT2D eigenvalue weighted by molar-refractivity contribution is 0.633. The fourth-order valence-corrected chi connectivity index (χ4v) is 6.08. The summed E-state index contributed by atoms with van der Waals surface area (Å²) in [6.07, 6.45) is 0. The quantitative estimate of drug-likeness (QED) is 0.187. The smallest absolute Gasteiger partial charge is 0.143 e. The van der Waals surface area contributed by atoms with E-state index in [0.29, 0.717) is 11.1 Å². The van der Waals surface area contributed by atoms with Crippen LogP contribution in [0.15, 0.2) is 174 Å². The lowest BCUT2D eigenvalue weighted by atomic mass is 9.84. The minimum atomic E-state index is -0.683. The first-order valence-corrected chi connectivity index (χ1v) is 14.2. The summed E-state index contributed by atoms with van der Waals surface area (Å²) in [6.45, 7) is 0. The summed E-state index contributed by atoms with van der Waals surface area (Å²) in [4.78, 5) is 0. The van der Waals surface area contributed by atoms with Gasteiger partial charge in [0.25, 0.3) is 0 Å². The Morgan fingerprint density at radius 3 is 1.62 bits per heavy atom. The normalized spacial score (nSPS) is 16.2. The van der Waals surface area contributed by atoms with Gasteiger partial charge in [0, 0.05) is 22.1 Å². The van der Waals surface area contributed by atoms with Gasteiger partial charge in [-0.15, -0.1) is 0 Å². The first-order chi connectivity index (χ1) is 28.6. The summed E-state index contributed by atoms with van der Waals surface area (Å²) in [7, 11) is 0.